The van der Waals surface area contributed by atoms with Gasteiger partial charge in [-0.15, -0.1) is 11.3 Å². The Kier molecular flexibility index (Phi) is 8.35. The molecule has 0 aromatic carbocycles. The van der Waals surface area contributed by atoms with Crippen LogP contribution < -0.4 is 5.73 Å². The Morgan fingerprint density at radius 1 is 1.32 bits per heavy atom. The zero-order valence-corrected chi connectivity index (χ0v) is 13.6. The Bertz CT molecular complexity index is 305. The first kappa shape index (κ1) is 16.7. The van der Waals surface area contributed by atoms with E-state index in [0.717, 1.165) is 12.5 Å². The Labute approximate surface area is 123 Å². The van der Waals surface area contributed by atoms with Crippen molar-refractivity contribution in [2.75, 3.05) is 20.1 Å². The summed E-state index contributed by atoms with van der Waals surface area (Å²) in [6, 6.07) is 4.92. The van der Waals surface area contributed by atoms with E-state index >= 15 is 0 Å². The largest absolute Gasteiger partial charge is 0.330 e. The molecule has 19 heavy (non-hydrogen) atoms. The van der Waals surface area contributed by atoms with Crippen molar-refractivity contribution in [3.05, 3.63) is 22.4 Å². The highest BCUT2D eigenvalue weighted by atomic mass is 32.1. The summed E-state index contributed by atoms with van der Waals surface area (Å²) in [4.78, 5) is 3.94. The van der Waals surface area contributed by atoms with Crippen LogP contribution in [0.15, 0.2) is 17.5 Å². The molecule has 0 aliphatic heterocycles. The second-order valence-corrected chi connectivity index (χ2v) is 6.53. The van der Waals surface area contributed by atoms with E-state index in [1.54, 1.807) is 0 Å². The highest BCUT2D eigenvalue weighted by molar-refractivity contribution is 7.10. The van der Waals surface area contributed by atoms with Crippen molar-refractivity contribution in [3.8, 4) is 0 Å². The predicted octanol–water partition coefficient (Wildman–Crippen LogP) is 4.29. The third-order valence-electron chi connectivity index (χ3n) is 4.01. The molecule has 0 fully saturated rings. The molecular weight excluding hydrogens is 252 g/mol. The van der Waals surface area contributed by atoms with E-state index in [4.69, 9.17) is 5.73 Å². The van der Waals surface area contributed by atoms with E-state index in [1.807, 2.05) is 11.3 Å². The molecule has 0 bridgehead atoms. The molecule has 0 saturated heterocycles. The van der Waals surface area contributed by atoms with Crippen LogP contribution in [-0.4, -0.2) is 25.0 Å². The molecule has 0 amide bonds. The molecule has 1 heterocycles. The molecule has 0 saturated carbocycles. The van der Waals surface area contributed by atoms with Crippen molar-refractivity contribution < 1.29 is 0 Å². The minimum Gasteiger partial charge on any atom is -0.330 e. The maximum Gasteiger partial charge on any atom is 0.0410 e. The minimum absolute atomic E-state index is 0.541. The van der Waals surface area contributed by atoms with E-state index in [2.05, 4.69) is 43.3 Å². The average molecular weight is 282 g/mol. The molecule has 1 rings (SSSR count). The molecule has 2 N–H and O–H groups in total. The van der Waals surface area contributed by atoms with Gasteiger partial charge < -0.3 is 5.73 Å². The number of rotatable bonds is 10. The topological polar surface area (TPSA) is 29.3 Å². The molecule has 2 unspecified atom stereocenters. The van der Waals surface area contributed by atoms with Gasteiger partial charge in [-0.2, -0.15) is 0 Å². The van der Waals surface area contributed by atoms with Crippen LogP contribution in [-0.2, 0) is 0 Å². The normalized spacial score (nSPS) is 14.8. The standard InChI is InChI=1S/C16H30N2S/c1-4-7-15(10-11-17)8-5-12-18(3)14(2)16-9-6-13-19-16/h6,9,13-15H,4-5,7-8,10-12,17H2,1-3H3. The molecule has 3 heteroatoms. The third kappa shape index (κ3) is 6.07. The summed E-state index contributed by atoms with van der Waals surface area (Å²) in [5.41, 5.74) is 5.69. The van der Waals surface area contributed by atoms with Gasteiger partial charge in [0.15, 0.2) is 0 Å². The van der Waals surface area contributed by atoms with Crippen molar-refractivity contribution in [3.63, 3.8) is 0 Å². The van der Waals surface area contributed by atoms with Crippen molar-refractivity contribution >= 4 is 11.3 Å². The third-order valence-corrected chi connectivity index (χ3v) is 5.05. The van der Waals surface area contributed by atoms with Crippen LogP contribution in [0.1, 0.15) is 56.9 Å². The fourth-order valence-electron chi connectivity index (χ4n) is 2.65. The number of hydrogen-bond donors (Lipinski definition) is 1. The summed E-state index contributed by atoms with van der Waals surface area (Å²) < 4.78 is 0. The first-order valence-electron chi connectivity index (χ1n) is 7.62. The van der Waals surface area contributed by atoms with Crippen molar-refractivity contribution in [1.29, 1.82) is 0 Å². The average Bonchev–Trinajstić information content (AvgIpc) is 2.92. The number of hydrogen-bond acceptors (Lipinski definition) is 3. The SMILES string of the molecule is CCCC(CCN)CCCN(C)C(C)c1cccs1. The van der Waals surface area contributed by atoms with Gasteiger partial charge in [-0.1, -0.05) is 25.8 Å². The molecule has 1 aromatic heterocycles. The molecular formula is C16H30N2S. The zero-order valence-electron chi connectivity index (χ0n) is 12.8. The maximum atomic E-state index is 5.69. The summed E-state index contributed by atoms with van der Waals surface area (Å²) in [6.45, 7) is 6.60. The fraction of sp³-hybridized carbons (Fsp3) is 0.750. The van der Waals surface area contributed by atoms with Gasteiger partial charge in [0.1, 0.15) is 0 Å². The zero-order chi connectivity index (χ0) is 14.1. The minimum atomic E-state index is 0.541. The van der Waals surface area contributed by atoms with Crippen LogP contribution >= 0.6 is 11.3 Å². The second-order valence-electron chi connectivity index (χ2n) is 5.55. The van der Waals surface area contributed by atoms with Crippen LogP contribution in [0.4, 0.5) is 0 Å². The van der Waals surface area contributed by atoms with Gasteiger partial charge in [0.25, 0.3) is 0 Å². The Hall–Kier alpha value is -0.380. The van der Waals surface area contributed by atoms with Gasteiger partial charge in [-0.25, -0.2) is 0 Å². The van der Waals surface area contributed by atoms with E-state index in [0.29, 0.717) is 6.04 Å². The van der Waals surface area contributed by atoms with Gasteiger partial charge in [0, 0.05) is 10.9 Å². The lowest BCUT2D eigenvalue weighted by Gasteiger charge is -2.24. The number of nitrogens with zero attached hydrogens (tertiary/aromatic N) is 1. The molecule has 0 aliphatic carbocycles. The van der Waals surface area contributed by atoms with Crippen LogP contribution in [0.25, 0.3) is 0 Å². The summed E-state index contributed by atoms with van der Waals surface area (Å²) in [5, 5.41) is 2.16. The highest BCUT2D eigenvalue weighted by Gasteiger charge is 2.13. The van der Waals surface area contributed by atoms with Crippen molar-refractivity contribution in [1.82, 2.24) is 4.90 Å². The summed E-state index contributed by atoms with van der Waals surface area (Å²) in [5.74, 6) is 0.834. The smallest absolute Gasteiger partial charge is 0.0410 e. The lowest BCUT2D eigenvalue weighted by molar-refractivity contribution is 0.249. The Morgan fingerprint density at radius 2 is 2.11 bits per heavy atom. The van der Waals surface area contributed by atoms with E-state index < -0.39 is 0 Å². The van der Waals surface area contributed by atoms with Gasteiger partial charge in [-0.05, 0) is 63.7 Å². The molecule has 2 nitrogen and oxygen atoms in total. The maximum absolute atomic E-state index is 5.69. The highest BCUT2D eigenvalue weighted by Crippen LogP contribution is 2.24. The molecule has 0 spiro atoms. The summed E-state index contributed by atoms with van der Waals surface area (Å²) in [6.07, 6.45) is 6.43. The van der Waals surface area contributed by atoms with Crippen molar-refractivity contribution in [2.24, 2.45) is 11.7 Å². The molecule has 1 aromatic rings. The number of nitrogens with two attached hydrogens (primary N) is 1. The Balaban J connectivity index is 2.27. The molecule has 0 radical (unpaired) electrons. The summed E-state index contributed by atoms with van der Waals surface area (Å²) >= 11 is 1.86. The molecule has 2 atom stereocenters. The van der Waals surface area contributed by atoms with E-state index in [9.17, 15) is 0 Å². The van der Waals surface area contributed by atoms with Gasteiger partial charge in [0.05, 0.1) is 0 Å². The second kappa shape index (κ2) is 9.51. The predicted molar refractivity (Wildman–Crippen MR) is 86.7 cm³/mol. The van der Waals surface area contributed by atoms with Gasteiger partial charge >= 0.3 is 0 Å². The van der Waals surface area contributed by atoms with Crippen LogP contribution in [0, 0.1) is 5.92 Å². The lowest BCUT2D eigenvalue weighted by Crippen LogP contribution is -2.23. The van der Waals surface area contributed by atoms with Crippen molar-refractivity contribution in [2.45, 2.75) is 52.0 Å². The van der Waals surface area contributed by atoms with Crippen LogP contribution in [0.2, 0.25) is 0 Å². The first-order valence-corrected chi connectivity index (χ1v) is 8.50. The quantitative estimate of drug-likeness (QED) is 0.694. The first-order chi connectivity index (χ1) is 9.19. The monoisotopic (exact) mass is 282 g/mol. The summed E-state index contributed by atoms with van der Waals surface area (Å²) in [7, 11) is 2.24. The van der Waals surface area contributed by atoms with E-state index in [1.165, 1.54) is 43.5 Å². The molecule has 0 aliphatic rings. The van der Waals surface area contributed by atoms with Gasteiger partial charge in [0.2, 0.25) is 0 Å². The lowest BCUT2D eigenvalue weighted by atomic mass is 9.94. The van der Waals surface area contributed by atoms with Crippen LogP contribution in [0.5, 0.6) is 0 Å². The fourth-order valence-corrected chi connectivity index (χ4v) is 3.49. The Morgan fingerprint density at radius 3 is 2.68 bits per heavy atom. The van der Waals surface area contributed by atoms with E-state index in [-0.39, 0.29) is 0 Å². The van der Waals surface area contributed by atoms with Gasteiger partial charge in [-0.3, -0.25) is 4.90 Å². The number of thiophene rings is 1. The van der Waals surface area contributed by atoms with Crippen LogP contribution in [0.3, 0.4) is 0 Å². The molecule has 110 valence electrons.